The molecular formula is C20H26N4O. The Morgan fingerprint density at radius 1 is 1.12 bits per heavy atom. The minimum absolute atomic E-state index is 0.00465. The second-order valence-electron chi connectivity index (χ2n) is 7.62. The van der Waals surface area contributed by atoms with Crippen LogP contribution in [0.3, 0.4) is 0 Å². The second kappa shape index (κ2) is 6.62. The summed E-state index contributed by atoms with van der Waals surface area (Å²) in [4.78, 5) is 19.8. The third kappa shape index (κ3) is 3.20. The highest BCUT2D eigenvalue weighted by molar-refractivity contribution is 5.90. The lowest BCUT2D eigenvalue weighted by Crippen LogP contribution is -2.46. The highest BCUT2D eigenvalue weighted by Crippen LogP contribution is 2.40. The number of carbonyl (C=O) groups is 1. The molecule has 1 saturated heterocycles. The van der Waals surface area contributed by atoms with Gasteiger partial charge in [-0.1, -0.05) is 32.0 Å². The summed E-state index contributed by atoms with van der Waals surface area (Å²) < 4.78 is 1.87. The molecule has 0 N–H and O–H groups in total. The lowest BCUT2D eigenvalue weighted by Gasteiger charge is -2.37. The van der Waals surface area contributed by atoms with Crippen molar-refractivity contribution in [1.29, 1.82) is 0 Å². The molecule has 2 aromatic rings. The summed E-state index contributed by atoms with van der Waals surface area (Å²) >= 11 is 0. The molecule has 5 nitrogen and oxygen atoms in total. The van der Waals surface area contributed by atoms with Gasteiger partial charge in [-0.05, 0) is 50.2 Å². The van der Waals surface area contributed by atoms with Gasteiger partial charge in [-0.25, -0.2) is 9.67 Å². The first-order chi connectivity index (χ1) is 12.1. The van der Waals surface area contributed by atoms with E-state index in [4.69, 9.17) is 0 Å². The highest BCUT2D eigenvalue weighted by Gasteiger charge is 2.35. The molecule has 1 aromatic heterocycles. The van der Waals surface area contributed by atoms with Crippen molar-refractivity contribution in [1.82, 2.24) is 19.7 Å². The zero-order valence-corrected chi connectivity index (χ0v) is 15.1. The Morgan fingerprint density at radius 3 is 2.56 bits per heavy atom. The van der Waals surface area contributed by atoms with Crippen molar-refractivity contribution in [2.24, 2.45) is 5.92 Å². The Balaban J connectivity index is 1.67. The Bertz CT molecular complexity index is 748. The van der Waals surface area contributed by atoms with Gasteiger partial charge in [-0.3, -0.25) is 4.79 Å². The van der Waals surface area contributed by atoms with Gasteiger partial charge in [0.15, 0.2) is 0 Å². The van der Waals surface area contributed by atoms with E-state index in [1.807, 2.05) is 39.9 Å². The van der Waals surface area contributed by atoms with E-state index in [9.17, 15) is 4.79 Å². The number of piperidine rings is 1. The van der Waals surface area contributed by atoms with Crippen LogP contribution in [0.15, 0.2) is 30.3 Å². The predicted octanol–water partition coefficient (Wildman–Crippen LogP) is 3.80. The van der Waals surface area contributed by atoms with Crippen molar-refractivity contribution in [2.75, 3.05) is 6.54 Å². The summed E-state index contributed by atoms with van der Waals surface area (Å²) in [7, 11) is 0. The van der Waals surface area contributed by atoms with Crippen LogP contribution in [-0.2, 0) is 0 Å². The van der Waals surface area contributed by atoms with E-state index in [0.29, 0.717) is 23.7 Å². The van der Waals surface area contributed by atoms with Crippen LogP contribution in [0, 0.1) is 5.92 Å². The molecule has 1 aliphatic carbocycles. The van der Waals surface area contributed by atoms with Gasteiger partial charge in [0.1, 0.15) is 5.82 Å². The molecule has 1 saturated carbocycles. The SMILES string of the molecule is CC(C)C1CCCCN1C(=O)c1nc(C2CC2)n(-c2ccccc2)n1. The number of nitrogens with zero attached hydrogens (tertiary/aromatic N) is 4. The number of likely N-dealkylation sites (tertiary alicyclic amines) is 1. The summed E-state index contributed by atoms with van der Waals surface area (Å²) in [5.41, 5.74) is 0.981. The topological polar surface area (TPSA) is 51.0 Å². The van der Waals surface area contributed by atoms with Gasteiger partial charge < -0.3 is 4.90 Å². The molecule has 2 aliphatic rings. The molecule has 0 bridgehead atoms. The van der Waals surface area contributed by atoms with Crippen molar-refractivity contribution in [3.63, 3.8) is 0 Å². The first-order valence-corrected chi connectivity index (χ1v) is 9.48. The number of hydrogen-bond donors (Lipinski definition) is 0. The third-order valence-corrected chi connectivity index (χ3v) is 5.35. The standard InChI is InChI=1S/C20H26N4O/c1-14(2)17-10-6-7-13-23(17)20(25)18-21-19(15-11-12-15)24(22-18)16-8-4-3-5-9-16/h3-5,8-9,14-15,17H,6-7,10-13H2,1-2H3. The van der Waals surface area contributed by atoms with Crippen molar-refractivity contribution in [3.05, 3.63) is 42.0 Å². The minimum atomic E-state index is -0.00465. The fourth-order valence-corrected chi connectivity index (χ4v) is 3.81. The second-order valence-corrected chi connectivity index (χ2v) is 7.62. The zero-order chi connectivity index (χ0) is 17.4. The molecule has 132 valence electrons. The summed E-state index contributed by atoms with van der Waals surface area (Å²) in [6, 6.07) is 10.3. The Labute approximate surface area is 149 Å². The number of benzene rings is 1. The fourth-order valence-electron chi connectivity index (χ4n) is 3.81. The third-order valence-electron chi connectivity index (χ3n) is 5.35. The number of rotatable bonds is 4. The largest absolute Gasteiger partial charge is 0.333 e. The first-order valence-electron chi connectivity index (χ1n) is 9.48. The predicted molar refractivity (Wildman–Crippen MR) is 96.8 cm³/mol. The minimum Gasteiger partial charge on any atom is -0.333 e. The van der Waals surface area contributed by atoms with E-state index in [0.717, 1.165) is 43.7 Å². The van der Waals surface area contributed by atoms with Crippen LogP contribution in [0.2, 0.25) is 0 Å². The van der Waals surface area contributed by atoms with Crippen LogP contribution in [0.1, 0.15) is 68.3 Å². The van der Waals surface area contributed by atoms with Crippen LogP contribution < -0.4 is 0 Å². The average molecular weight is 338 g/mol. The maximum absolute atomic E-state index is 13.1. The smallest absolute Gasteiger partial charge is 0.293 e. The average Bonchev–Trinajstić information content (AvgIpc) is 3.40. The molecule has 1 unspecified atom stereocenters. The number of amides is 1. The van der Waals surface area contributed by atoms with Crippen molar-refractivity contribution < 1.29 is 4.79 Å². The molecular weight excluding hydrogens is 312 g/mol. The quantitative estimate of drug-likeness (QED) is 0.852. The van der Waals surface area contributed by atoms with E-state index < -0.39 is 0 Å². The molecule has 5 heteroatoms. The molecule has 2 heterocycles. The summed E-state index contributed by atoms with van der Waals surface area (Å²) in [5, 5.41) is 4.62. The van der Waals surface area contributed by atoms with Crippen molar-refractivity contribution >= 4 is 5.91 Å². The molecule has 25 heavy (non-hydrogen) atoms. The molecule has 0 spiro atoms. The van der Waals surface area contributed by atoms with Crippen LogP contribution in [0.5, 0.6) is 0 Å². The normalized spacial score (nSPS) is 20.9. The molecule has 4 rings (SSSR count). The molecule has 2 fully saturated rings. The Hall–Kier alpha value is -2.17. The number of carbonyl (C=O) groups excluding carboxylic acids is 1. The lowest BCUT2D eigenvalue weighted by atomic mass is 9.92. The van der Waals surface area contributed by atoms with E-state index in [1.54, 1.807) is 0 Å². The molecule has 1 aromatic carbocycles. The van der Waals surface area contributed by atoms with Gasteiger partial charge in [-0.2, -0.15) is 0 Å². The Kier molecular flexibility index (Phi) is 4.32. The van der Waals surface area contributed by atoms with Gasteiger partial charge in [0, 0.05) is 18.5 Å². The van der Waals surface area contributed by atoms with Crippen molar-refractivity contribution in [2.45, 2.75) is 57.9 Å². The van der Waals surface area contributed by atoms with E-state index in [-0.39, 0.29) is 5.91 Å². The van der Waals surface area contributed by atoms with E-state index in [1.165, 1.54) is 6.42 Å². The molecule has 0 radical (unpaired) electrons. The van der Waals surface area contributed by atoms with E-state index in [2.05, 4.69) is 23.9 Å². The maximum Gasteiger partial charge on any atom is 0.293 e. The Morgan fingerprint density at radius 2 is 1.88 bits per heavy atom. The monoisotopic (exact) mass is 338 g/mol. The van der Waals surface area contributed by atoms with Gasteiger partial charge in [-0.15, -0.1) is 5.10 Å². The summed E-state index contributed by atoms with van der Waals surface area (Å²) in [6.45, 7) is 5.21. The van der Waals surface area contributed by atoms with Gasteiger partial charge in [0.05, 0.1) is 5.69 Å². The summed E-state index contributed by atoms with van der Waals surface area (Å²) in [6.07, 6.45) is 5.63. The first kappa shape index (κ1) is 16.3. The van der Waals surface area contributed by atoms with E-state index >= 15 is 0 Å². The summed E-state index contributed by atoms with van der Waals surface area (Å²) in [5.74, 6) is 2.20. The van der Waals surface area contributed by atoms with Crippen LogP contribution in [0.4, 0.5) is 0 Å². The van der Waals surface area contributed by atoms with Gasteiger partial charge >= 0.3 is 0 Å². The van der Waals surface area contributed by atoms with Crippen LogP contribution in [0.25, 0.3) is 5.69 Å². The number of hydrogen-bond acceptors (Lipinski definition) is 3. The lowest BCUT2D eigenvalue weighted by molar-refractivity contribution is 0.0531. The zero-order valence-electron chi connectivity index (χ0n) is 15.1. The molecule has 1 atom stereocenters. The maximum atomic E-state index is 13.1. The number of aromatic nitrogens is 3. The van der Waals surface area contributed by atoms with Crippen LogP contribution in [-0.4, -0.2) is 38.2 Å². The highest BCUT2D eigenvalue weighted by atomic mass is 16.2. The fraction of sp³-hybridized carbons (Fsp3) is 0.550. The van der Waals surface area contributed by atoms with Gasteiger partial charge in [0.25, 0.3) is 5.91 Å². The van der Waals surface area contributed by atoms with Crippen LogP contribution >= 0.6 is 0 Å². The van der Waals surface area contributed by atoms with Crippen molar-refractivity contribution in [3.8, 4) is 5.69 Å². The molecule has 1 aliphatic heterocycles. The molecule has 1 amide bonds. The number of para-hydroxylation sites is 1. The van der Waals surface area contributed by atoms with Gasteiger partial charge in [0.2, 0.25) is 5.82 Å².